The van der Waals surface area contributed by atoms with Crippen molar-refractivity contribution >= 4 is 34.9 Å². The van der Waals surface area contributed by atoms with Crippen molar-refractivity contribution in [3.05, 3.63) is 0 Å². The molecule has 1 saturated heterocycles. The second-order valence-electron chi connectivity index (χ2n) is 4.90. The molecule has 18 heavy (non-hydrogen) atoms. The van der Waals surface area contributed by atoms with E-state index < -0.39 is 0 Å². The number of unbranched alkanes of at least 4 members (excludes halogenated alkanes) is 2. The van der Waals surface area contributed by atoms with Gasteiger partial charge >= 0.3 is 0 Å². The van der Waals surface area contributed by atoms with Crippen molar-refractivity contribution in [1.82, 2.24) is 4.90 Å². The average molecular weight is 288 g/mol. The highest BCUT2D eigenvalue weighted by molar-refractivity contribution is 8.02. The molecule has 1 rings (SSSR count). The minimum Gasteiger partial charge on any atom is -0.392 e. The van der Waals surface area contributed by atoms with Crippen LogP contribution in [0.2, 0.25) is 0 Å². The van der Waals surface area contributed by atoms with Crippen LogP contribution in [0.5, 0.6) is 0 Å². The first kappa shape index (κ1) is 15.8. The number of thioether (sulfide) groups is 1. The lowest BCUT2D eigenvalue weighted by Gasteiger charge is -2.40. The number of likely N-dealkylation sites (tertiary alicyclic amines) is 1. The van der Waals surface area contributed by atoms with E-state index in [9.17, 15) is 4.79 Å². The van der Waals surface area contributed by atoms with E-state index in [-0.39, 0.29) is 4.75 Å². The predicted molar refractivity (Wildman–Crippen MR) is 83.0 cm³/mol. The summed E-state index contributed by atoms with van der Waals surface area (Å²) in [7, 11) is 0. The van der Waals surface area contributed by atoms with Crippen LogP contribution in [0.3, 0.4) is 0 Å². The molecular formula is C13H24N2OS2. The third-order valence-electron chi connectivity index (χ3n) is 3.76. The summed E-state index contributed by atoms with van der Waals surface area (Å²) in [5.74, 6) is 0.293. The molecule has 0 aromatic rings. The first-order valence-corrected chi connectivity index (χ1v) is 8.32. The van der Waals surface area contributed by atoms with E-state index in [0.29, 0.717) is 17.3 Å². The van der Waals surface area contributed by atoms with Crippen molar-refractivity contribution in [1.29, 1.82) is 0 Å². The van der Waals surface area contributed by atoms with E-state index in [1.54, 1.807) is 11.8 Å². The second-order valence-corrected chi connectivity index (χ2v) is 6.53. The minimum absolute atomic E-state index is 0.0878. The molecule has 0 saturated carbocycles. The van der Waals surface area contributed by atoms with Gasteiger partial charge in [-0.05, 0) is 25.5 Å². The fourth-order valence-corrected chi connectivity index (χ4v) is 3.60. The van der Waals surface area contributed by atoms with Gasteiger partial charge in [0.15, 0.2) is 0 Å². The van der Waals surface area contributed by atoms with Crippen LogP contribution >= 0.6 is 24.0 Å². The molecule has 1 heterocycles. The maximum absolute atomic E-state index is 12.0. The van der Waals surface area contributed by atoms with Crippen LogP contribution < -0.4 is 5.73 Å². The van der Waals surface area contributed by atoms with E-state index in [4.69, 9.17) is 18.0 Å². The number of rotatable bonds is 6. The lowest BCUT2D eigenvalue weighted by atomic mass is 9.95. The number of hydrogen-bond donors (Lipinski definition) is 1. The average Bonchev–Trinajstić information content (AvgIpc) is 2.38. The Labute approximate surface area is 120 Å². The van der Waals surface area contributed by atoms with E-state index in [1.165, 1.54) is 0 Å². The summed E-state index contributed by atoms with van der Waals surface area (Å²) < 4.78 is -0.0878. The van der Waals surface area contributed by atoms with Crippen LogP contribution in [-0.4, -0.2) is 39.9 Å². The summed E-state index contributed by atoms with van der Waals surface area (Å²) in [6.45, 7) is 3.74. The number of piperidine rings is 1. The van der Waals surface area contributed by atoms with Gasteiger partial charge in [0.05, 0.1) is 9.74 Å². The molecule has 1 aliphatic rings. The van der Waals surface area contributed by atoms with Crippen molar-refractivity contribution in [2.45, 2.75) is 50.2 Å². The van der Waals surface area contributed by atoms with Gasteiger partial charge in [0.2, 0.25) is 5.91 Å². The standard InChI is InChI=1S/C13H24N2OS2/c1-3-4-5-6-11(16)15-9-7-13(18-2,8-10-15)12(14)17/h3-10H2,1-2H3,(H2,14,17). The van der Waals surface area contributed by atoms with E-state index in [2.05, 4.69) is 13.2 Å². The number of hydrogen-bond acceptors (Lipinski definition) is 3. The smallest absolute Gasteiger partial charge is 0.222 e. The number of thiocarbonyl (C=S) groups is 1. The summed E-state index contributed by atoms with van der Waals surface area (Å²) in [5.41, 5.74) is 5.84. The van der Waals surface area contributed by atoms with Crippen molar-refractivity contribution in [3.8, 4) is 0 Å². The van der Waals surface area contributed by atoms with Gasteiger partial charge in [-0.15, -0.1) is 0 Å². The van der Waals surface area contributed by atoms with Crippen LogP contribution in [0.25, 0.3) is 0 Å². The zero-order valence-electron chi connectivity index (χ0n) is 11.4. The van der Waals surface area contributed by atoms with Gasteiger partial charge in [0.25, 0.3) is 0 Å². The highest BCUT2D eigenvalue weighted by Crippen LogP contribution is 2.35. The number of nitrogens with zero attached hydrogens (tertiary/aromatic N) is 1. The zero-order valence-corrected chi connectivity index (χ0v) is 13.0. The van der Waals surface area contributed by atoms with Gasteiger partial charge in [-0.2, -0.15) is 11.8 Å². The quantitative estimate of drug-likeness (QED) is 0.603. The van der Waals surface area contributed by atoms with Gasteiger partial charge in [-0.25, -0.2) is 0 Å². The fourth-order valence-electron chi connectivity index (χ4n) is 2.35. The van der Waals surface area contributed by atoms with Crippen LogP contribution in [-0.2, 0) is 4.79 Å². The zero-order chi connectivity index (χ0) is 13.6. The Hall–Kier alpha value is -0.290. The van der Waals surface area contributed by atoms with Crippen molar-refractivity contribution < 1.29 is 4.79 Å². The Morgan fingerprint density at radius 3 is 2.44 bits per heavy atom. The van der Waals surface area contributed by atoms with Crippen LogP contribution in [0.1, 0.15) is 45.4 Å². The Morgan fingerprint density at radius 1 is 1.39 bits per heavy atom. The highest BCUT2D eigenvalue weighted by atomic mass is 32.2. The van der Waals surface area contributed by atoms with Crippen molar-refractivity contribution in [2.75, 3.05) is 19.3 Å². The number of amides is 1. The normalized spacial score (nSPS) is 18.7. The maximum atomic E-state index is 12.0. The minimum atomic E-state index is -0.0878. The molecule has 1 fully saturated rings. The van der Waals surface area contributed by atoms with Gasteiger partial charge in [0.1, 0.15) is 0 Å². The number of carbonyl (C=O) groups excluding carboxylic acids is 1. The Bertz CT molecular complexity index is 299. The molecule has 0 aromatic carbocycles. The third kappa shape index (κ3) is 3.85. The molecule has 0 spiro atoms. The Balaban J connectivity index is 2.43. The Kier molecular flexibility index (Phi) is 6.43. The summed E-state index contributed by atoms with van der Waals surface area (Å²) in [6, 6.07) is 0. The van der Waals surface area contributed by atoms with Crippen LogP contribution in [0.4, 0.5) is 0 Å². The molecule has 5 heteroatoms. The van der Waals surface area contributed by atoms with Gasteiger partial charge in [-0.3, -0.25) is 4.79 Å². The molecular weight excluding hydrogens is 264 g/mol. The Morgan fingerprint density at radius 2 is 2.00 bits per heavy atom. The summed E-state index contributed by atoms with van der Waals surface area (Å²) in [4.78, 5) is 14.6. The second kappa shape index (κ2) is 7.34. The van der Waals surface area contributed by atoms with Crippen molar-refractivity contribution in [2.24, 2.45) is 5.73 Å². The van der Waals surface area contributed by atoms with E-state index in [1.807, 2.05) is 4.90 Å². The first-order chi connectivity index (χ1) is 8.55. The highest BCUT2D eigenvalue weighted by Gasteiger charge is 2.37. The number of nitrogens with two attached hydrogens (primary N) is 1. The molecule has 0 radical (unpaired) electrons. The lowest BCUT2D eigenvalue weighted by molar-refractivity contribution is -0.132. The largest absolute Gasteiger partial charge is 0.392 e. The fraction of sp³-hybridized carbons (Fsp3) is 0.846. The molecule has 3 nitrogen and oxygen atoms in total. The molecule has 1 aliphatic heterocycles. The van der Waals surface area contributed by atoms with Crippen LogP contribution in [0, 0.1) is 0 Å². The summed E-state index contributed by atoms with van der Waals surface area (Å²) in [5, 5.41) is 0. The maximum Gasteiger partial charge on any atom is 0.222 e. The molecule has 0 aliphatic carbocycles. The third-order valence-corrected chi connectivity index (χ3v) is 5.69. The number of carbonyl (C=O) groups is 1. The van der Waals surface area contributed by atoms with E-state index in [0.717, 1.165) is 45.2 Å². The van der Waals surface area contributed by atoms with Crippen molar-refractivity contribution in [3.63, 3.8) is 0 Å². The first-order valence-electron chi connectivity index (χ1n) is 6.68. The lowest BCUT2D eigenvalue weighted by Crippen LogP contribution is -2.50. The molecule has 104 valence electrons. The molecule has 1 amide bonds. The molecule has 0 atom stereocenters. The molecule has 0 aromatic heterocycles. The van der Waals surface area contributed by atoms with Gasteiger partial charge in [-0.1, -0.05) is 32.0 Å². The summed E-state index contributed by atoms with van der Waals surface area (Å²) >= 11 is 6.90. The van der Waals surface area contributed by atoms with Gasteiger partial charge < -0.3 is 10.6 Å². The summed E-state index contributed by atoms with van der Waals surface area (Å²) in [6.07, 6.45) is 7.83. The topological polar surface area (TPSA) is 46.3 Å². The molecule has 0 bridgehead atoms. The van der Waals surface area contributed by atoms with E-state index >= 15 is 0 Å². The van der Waals surface area contributed by atoms with Gasteiger partial charge in [0, 0.05) is 19.5 Å². The molecule has 2 N–H and O–H groups in total. The SMILES string of the molecule is CCCCCC(=O)N1CCC(SC)(C(N)=S)CC1. The monoisotopic (exact) mass is 288 g/mol. The van der Waals surface area contributed by atoms with Crippen LogP contribution in [0.15, 0.2) is 0 Å². The predicted octanol–water partition coefficient (Wildman–Crippen LogP) is 2.58. The molecule has 0 unspecified atom stereocenters.